The fourth-order valence-corrected chi connectivity index (χ4v) is 3.93. The van der Waals surface area contributed by atoms with Crippen LogP contribution >= 0.6 is 24.0 Å². The van der Waals surface area contributed by atoms with Crippen LogP contribution in [0.2, 0.25) is 0 Å². The molecular formula is C23H33IN4O. The highest BCUT2D eigenvalue weighted by atomic mass is 127. The van der Waals surface area contributed by atoms with Gasteiger partial charge in [-0.3, -0.25) is 9.79 Å². The van der Waals surface area contributed by atoms with Gasteiger partial charge in [0, 0.05) is 39.6 Å². The number of hydrogen-bond acceptors (Lipinski definition) is 2. The molecule has 2 N–H and O–H groups in total. The topological polar surface area (TPSA) is 56.7 Å². The molecule has 1 aliphatic heterocycles. The Hall–Kier alpha value is -1.83. The molecule has 2 aromatic carbocycles. The highest BCUT2D eigenvalue weighted by molar-refractivity contribution is 14.0. The molecule has 158 valence electrons. The lowest BCUT2D eigenvalue weighted by Gasteiger charge is -2.34. The molecule has 1 saturated heterocycles. The van der Waals surface area contributed by atoms with Crippen LogP contribution in [0.5, 0.6) is 0 Å². The van der Waals surface area contributed by atoms with Crippen LogP contribution < -0.4 is 10.6 Å². The number of rotatable bonds is 6. The van der Waals surface area contributed by atoms with Crippen molar-refractivity contribution in [2.45, 2.75) is 32.6 Å². The number of hydrogen-bond donors (Lipinski definition) is 2. The number of piperidine rings is 1. The van der Waals surface area contributed by atoms with Crippen molar-refractivity contribution < 1.29 is 4.79 Å². The van der Waals surface area contributed by atoms with Crippen LogP contribution in [-0.4, -0.2) is 50.0 Å². The van der Waals surface area contributed by atoms with Crippen LogP contribution in [0.15, 0.2) is 47.5 Å². The van der Waals surface area contributed by atoms with E-state index >= 15 is 0 Å². The Kier molecular flexibility index (Phi) is 9.70. The summed E-state index contributed by atoms with van der Waals surface area (Å²) in [6.07, 6.45) is 3.66. The standard InChI is InChI=1S/C23H32N4O.HI/c1-3-25-23(27-15-12-18(13-16-27)17-22(28)24-2)26-14-11-20-9-6-8-19-7-4-5-10-21(19)20;/h4-10,18H,3,11-17H2,1-2H3,(H,24,28)(H,25,26);1H. The molecule has 0 saturated carbocycles. The molecule has 29 heavy (non-hydrogen) atoms. The number of benzene rings is 2. The van der Waals surface area contributed by atoms with E-state index in [2.05, 4.69) is 64.9 Å². The van der Waals surface area contributed by atoms with Gasteiger partial charge in [-0.1, -0.05) is 42.5 Å². The van der Waals surface area contributed by atoms with Crippen LogP contribution in [0.1, 0.15) is 31.7 Å². The van der Waals surface area contributed by atoms with E-state index in [4.69, 9.17) is 4.99 Å². The van der Waals surface area contributed by atoms with E-state index in [1.807, 2.05) is 0 Å². The van der Waals surface area contributed by atoms with Crippen LogP contribution in [0, 0.1) is 5.92 Å². The quantitative estimate of drug-likeness (QED) is 0.355. The van der Waals surface area contributed by atoms with E-state index in [9.17, 15) is 4.79 Å². The summed E-state index contributed by atoms with van der Waals surface area (Å²) in [4.78, 5) is 18.8. The van der Waals surface area contributed by atoms with Crippen molar-refractivity contribution in [2.75, 3.05) is 33.2 Å². The summed E-state index contributed by atoms with van der Waals surface area (Å²) in [5, 5.41) is 8.78. The molecular weight excluding hydrogens is 475 g/mol. The summed E-state index contributed by atoms with van der Waals surface area (Å²) < 4.78 is 0. The summed E-state index contributed by atoms with van der Waals surface area (Å²) in [5.41, 5.74) is 1.35. The summed E-state index contributed by atoms with van der Waals surface area (Å²) in [7, 11) is 1.71. The molecule has 0 atom stereocenters. The van der Waals surface area contributed by atoms with E-state index in [0.29, 0.717) is 12.3 Å². The van der Waals surface area contributed by atoms with Crippen molar-refractivity contribution in [1.29, 1.82) is 0 Å². The third kappa shape index (κ3) is 6.59. The maximum Gasteiger partial charge on any atom is 0.220 e. The van der Waals surface area contributed by atoms with Crippen molar-refractivity contribution in [3.63, 3.8) is 0 Å². The zero-order chi connectivity index (χ0) is 19.8. The lowest BCUT2D eigenvalue weighted by molar-refractivity contribution is -0.121. The number of nitrogens with one attached hydrogen (secondary N) is 2. The minimum atomic E-state index is 0. The van der Waals surface area contributed by atoms with Gasteiger partial charge in [-0.2, -0.15) is 0 Å². The molecule has 0 unspecified atom stereocenters. The number of carbonyl (C=O) groups excluding carboxylic acids is 1. The van der Waals surface area contributed by atoms with Gasteiger partial charge >= 0.3 is 0 Å². The second kappa shape index (κ2) is 12.0. The molecule has 6 heteroatoms. The van der Waals surface area contributed by atoms with Gasteiger partial charge in [0.05, 0.1) is 0 Å². The molecule has 5 nitrogen and oxygen atoms in total. The second-order valence-corrected chi connectivity index (χ2v) is 7.43. The predicted molar refractivity (Wildman–Crippen MR) is 132 cm³/mol. The third-order valence-corrected chi connectivity index (χ3v) is 5.52. The Balaban J connectivity index is 0.00000300. The number of amides is 1. The fraction of sp³-hybridized carbons (Fsp3) is 0.478. The number of fused-ring (bicyclic) bond motifs is 1. The Morgan fingerprint density at radius 1 is 1.14 bits per heavy atom. The number of likely N-dealkylation sites (tertiary alicyclic amines) is 1. The smallest absolute Gasteiger partial charge is 0.220 e. The van der Waals surface area contributed by atoms with Gasteiger partial charge in [-0.15, -0.1) is 24.0 Å². The van der Waals surface area contributed by atoms with Gasteiger partial charge in [-0.25, -0.2) is 0 Å². The van der Waals surface area contributed by atoms with Crippen molar-refractivity contribution >= 4 is 46.6 Å². The van der Waals surface area contributed by atoms with Crippen molar-refractivity contribution in [2.24, 2.45) is 10.9 Å². The van der Waals surface area contributed by atoms with E-state index < -0.39 is 0 Å². The summed E-state index contributed by atoms with van der Waals surface area (Å²) in [6, 6.07) is 15.0. The first-order valence-electron chi connectivity index (χ1n) is 10.4. The van der Waals surface area contributed by atoms with Crippen molar-refractivity contribution in [1.82, 2.24) is 15.5 Å². The lowest BCUT2D eigenvalue weighted by atomic mass is 9.93. The number of guanidine groups is 1. The second-order valence-electron chi connectivity index (χ2n) is 7.43. The molecule has 1 fully saturated rings. The summed E-state index contributed by atoms with van der Waals surface area (Å²) in [6.45, 7) is 5.67. The van der Waals surface area contributed by atoms with Gasteiger partial charge in [0.1, 0.15) is 0 Å². The van der Waals surface area contributed by atoms with Gasteiger partial charge in [-0.05, 0) is 48.4 Å². The van der Waals surface area contributed by atoms with Crippen molar-refractivity contribution in [3.05, 3.63) is 48.0 Å². The van der Waals surface area contributed by atoms with E-state index in [0.717, 1.165) is 51.4 Å². The highest BCUT2D eigenvalue weighted by Crippen LogP contribution is 2.21. The predicted octanol–water partition coefficient (Wildman–Crippen LogP) is 3.81. The average molecular weight is 508 g/mol. The van der Waals surface area contributed by atoms with Crippen LogP contribution in [0.25, 0.3) is 10.8 Å². The van der Waals surface area contributed by atoms with Gasteiger partial charge < -0.3 is 15.5 Å². The Morgan fingerprint density at radius 2 is 1.86 bits per heavy atom. The molecule has 0 aromatic heterocycles. The zero-order valence-corrected chi connectivity index (χ0v) is 19.8. The van der Waals surface area contributed by atoms with Gasteiger partial charge in [0.25, 0.3) is 0 Å². The Labute approximate surface area is 191 Å². The van der Waals surface area contributed by atoms with Crippen molar-refractivity contribution in [3.8, 4) is 0 Å². The number of aliphatic imine (C=N–C) groups is 1. The monoisotopic (exact) mass is 508 g/mol. The van der Waals surface area contributed by atoms with Crippen LogP contribution in [0.3, 0.4) is 0 Å². The summed E-state index contributed by atoms with van der Waals surface area (Å²) >= 11 is 0. The van der Waals surface area contributed by atoms with Gasteiger partial charge in [0.15, 0.2) is 5.96 Å². The Bertz CT molecular complexity index is 810. The molecule has 1 heterocycles. The van der Waals surface area contributed by atoms with Gasteiger partial charge in [0.2, 0.25) is 5.91 Å². The van der Waals surface area contributed by atoms with Crippen LogP contribution in [0.4, 0.5) is 0 Å². The molecule has 0 radical (unpaired) electrons. The molecule has 0 bridgehead atoms. The minimum Gasteiger partial charge on any atom is -0.359 e. The lowest BCUT2D eigenvalue weighted by Crippen LogP contribution is -2.46. The highest BCUT2D eigenvalue weighted by Gasteiger charge is 2.23. The molecule has 0 spiro atoms. The molecule has 3 rings (SSSR count). The fourth-order valence-electron chi connectivity index (χ4n) is 3.93. The van der Waals surface area contributed by atoms with E-state index in [-0.39, 0.29) is 29.9 Å². The maximum atomic E-state index is 11.6. The number of carbonyl (C=O) groups is 1. The molecule has 2 aromatic rings. The van der Waals surface area contributed by atoms with E-state index in [1.54, 1.807) is 7.05 Å². The molecule has 0 aliphatic carbocycles. The molecule has 1 aliphatic rings. The zero-order valence-electron chi connectivity index (χ0n) is 17.5. The largest absolute Gasteiger partial charge is 0.359 e. The average Bonchev–Trinajstić information content (AvgIpc) is 2.74. The first kappa shape index (κ1) is 23.4. The summed E-state index contributed by atoms with van der Waals surface area (Å²) in [5.74, 6) is 1.63. The van der Waals surface area contributed by atoms with Crippen LogP contribution in [-0.2, 0) is 11.2 Å². The normalized spacial score (nSPS) is 15.1. The third-order valence-electron chi connectivity index (χ3n) is 5.52. The molecule has 1 amide bonds. The van der Waals surface area contributed by atoms with E-state index in [1.165, 1.54) is 16.3 Å². The maximum absolute atomic E-state index is 11.6. The number of halogens is 1. The number of nitrogens with zero attached hydrogens (tertiary/aromatic N) is 2. The first-order valence-corrected chi connectivity index (χ1v) is 10.4. The first-order chi connectivity index (χ1) is 13.7. The Morgan fingerprint density at radius 3 is 2.59 bits per heavy atom. The minimum absolute atomic E-state index is 0. The SMILES string of the molecule is CCNC(=NCCc1cccc2ccccc12)N1CCC(CC(=O)NC)CC1.I.